The minimum absolute atomic E-state index is 0. The highest BCUT2D eigenvalue weighted by Crippen LogP contribution is 2.34. The minimum Gasteiger partial charge on any atom is -0.496 e. The van der Waals surface area contributed by atoms with Crippen molar-refractivity contribution in [2.45, 2.75) is 384 Å². The predicted molar refractivity (Wildman–Crippen MR) is 634 cm³/mol. The maximum absolute atomic E-state index is 12.2. The number of alkyl halides is 3. The van der Waals surface area contributed by atoms with Gasteiger partial charge in [0, 0.05) is 139 Å². The van der Waals surface area contributed by atoms with Crippen LogP contribution in [-0.2, 0) is 50.5 Å². The fourth-order valence-corrected chi connectivity index (χ4v) is 12.0. The van der Waals surface area contributed by atoms with Gasteiger partial charge in [-0.1, -0.05) is 353 Å². The van der Waals surface area contributed by atoms with Crippen LogP contribution in [-0.4, -0.2) is 106 Å². The number of carbonyl (C=O) groups excluding carboxylic acids is 1. The Kier molecular flexibility index (Phi) is 86.6. The summed E-state index contributed by atoms with van der Waals surface area (Å²) in [5.74, 6) is 8.20. The lowest BCUT2D eigenvalue weighted by Crippen LogP contribution is -2.12. The smallest absolute Gasteiger partial charge is 0.433 e. The Morgan fingerprint density at radius 1 is 0.483 bits per heavy atom. The van der Waals surface area contributed by atoms with Gasteiger partial charge in [-0.25, -0.2) is 24.9 Å². The number of aryl methyl sites for hydroxylation is 6. The van der Waals surface area contributed by atoms with Crippen LogP contribution in [0.3, 0.4) is 0 Å². The van der Waals surface area contributed by atoms with Gasteiger partial charge in [-0.15, -0.1) is 0 Å². The van der Waals surface area contributed by atoms with Gasteiger partial charge < -0.3 is 19.5 Å². The molecule has 0 bridgehead atoms. The zero-order chi connectivity index (χ0) is 104. The third kappa shape index (κ3) is 64.7. The van der Waals surface area contributed by atoms with Crippen LogP contribution >= 0.6 is 11.6 Å². The zero-order valence-corrected chi connectivity index (χ0v) is 90.3. The van der Waals surface area contributed by atoms with E-state index in [2.05, 4.69) is 319 Å². The van der Waals surface area contributed by atoms with Gasteiger partial charge in [0.15, 0.2) is 0 Å². The highest BCUT2D eigenvalue weighted by atomic mass is 35.5. The zero-order valence-electron chi connectivity index (χ0n) is 89.6. The number of nitrogens with zero attached hydrogens (tertiary/aromatic N) is 17. The monoisotopic (exact) mass is 2060 g/mol. The molecular formula is C122H205ClF3N19O2. The molecule has 0 radical (unpaired) electrons. The number of aromatic nitrogens is 16. The lowest BCUT2D eigenvalue weighted by atomic mass is 9.90. The molecule has 0 aliphatic carbocycles. The topological polar surface area (TPSA) is 243 Å². The van der Waals surface area contributed by atoms with Crippen molar-refractivity contribution >= 4 is 29.3 Å². The van der Waals surface area contributed by atoms with E-state index in [-0.39, 0.29) is 97.1 Å². The Hall–Kier alpha value is -12.0. The summed E-state index contributed by atoms with van der Waals surface area (Å²) >= 11 is 5.79. The minimum atomic E-state index is -4.32. The molecule has 21 nitrogen and oxygen atoms in total. The number of imidazole rings is 1. The normalized spacial score (nSPS) is 9.93. The first-order valence-corrected chi connectivity index (χ1v) is 48.1. The van der Waals surface area contributed by atoms with Crippen LogP contribution in [0.4, 0.5) is 24.9 Å². The summed E-state index contributed by atoms with van der Waals surface area (Å²) < 4.78 is 49.4. The van der Waals surface area contributed by atoms with Crippen LogP contribution < -0.4 is 15.0 Å². The van der Waals surface area contributed by atoms with Gasteiger partial charge in [-0.2, -0.15) is 38.8 Å². The van der Waals surface area contributed by atoms with Crippen LogP contribution in [0.5, 0.6) is 5.75 Å². The summed E-state index contributed by atoms with van der Waals surface area (Å²) in [7, 11) is 11.4. The Morgan fingerprint density at radius 2 is 0.980 bits per heavy atom. The number of H-pyrrole nitrogens is 1. The number of amides is 1. The van der Waals surface area contributed by atoms with E-state index in [1.165, 1.54) is 80.1 Å². The number of para-hydroxylation sites is 1. The summed E-state index contributed by atoms with van der Waals surface area (Å²) in [5.41, 5.74) is 17.8. The van der Waals surface area contributed by atoms with Crippen molar-refractivity contribution in [3.63, 3.8) is 0 Å². The van der Waals surface area contributed by atoms with Gasteiger partial charge in [0.2, 0.25) is 11.9 Å². The van der Waals surface area contributed by atoms with E-state index in [1.54, 1.807) is 45.6 Å². The molecule has 25 heteroatoms. The Bertz CT molecular complexity index is 5300. The van der Waals surface area contributed by atoms with Gasteiger partial charge >= 0.3 is 6.18 Å². The molecule has 0 fully saturated rings. The first-order chi connectivity index (χ1) is 64.2. The molecule has 1 amide bonds. The second-order valence-electron chi connectivity index (χ2n) is 38.0. The Balaban J connectivity index is -0.000000172. The number of nitrogens with one attached hydrogen (secondary N) is 2. The van der Waals surface area contributed by atoms with Gasteiger partial charge in [0.25, 0.3) is 0 Å². The molecule has 2 N–H and O–H groups in total. The maximum Gasteiger partial charge on any atom is 0.433 e. The molecular weight excluding hydrogens is 1860 g/mol. The molecule has 0 saturated heterocycles. The highest BCUT2D eigenvalue weighted by Gasteiger charge is 2.36. The van der Waals surface area contributed by atoms with E-state index in [1.807, 2.05) is 195 Å². The van der Waals surface area contributed by atoms with Crippen LogP contribution in [0.2, 0.25) is 5.02 Å². The van der Waals surface area contributed by atoms with E-state index < -0.39 is 11.9 Å². The van der Waals surface area contributed by atoms with Crippen LogP contribution in [0.25, 0.3) is 0 Å². The van der Waals surface area contributed by atoms with E-state index in [0.29, 0.717) is 76.6 Å². The van der Waals surface area contributed by atoms with Crippen LogP contribution in [0.15, 0.2) is 220 Å². The molecule has 0 atom stereocenters. The number of nitriles is 1. The number of benzene rings is 3. The maximum atomic E-state index is 12.2. The van der Waals surface area contributed by atoms with Crippen LogP contribution in [0, 0.1) is 18.3 Å². The number of carbonyl (C=O) groups is 1. The van der Waals surface area contributed by atoms with Crippen molar-refractivity contribution in [1.82, 2.24) is 79.0 Å². The summed E-state index contributed by atoms with van der Waals surface area (Å²) in [6.07, 6.45) is 22.7. The molecule has 10 heterocycles. The Labute approximate surface area is 900 Å². The van der Waals surface area contributed by atoms with E-state index in [9.17, 15) is 18.0 Å². The van der Waals surface area contributed by atoms with E-state index in [0.717, 1.165) is 41.1 Å². The first-order valence-electron chi connectivity index (χ1n) is 47.7. The van der Waals surface area contributed by atoms with Crippen molar-refractivity contribution in [3.05, 3.63) is 321 Å². The molecule has 13 aromatic rings. The predicted octanol–water partition coefficient (Wildman–Crippen LogP) is 36.0. The number of halogens is 4. The number of aromatic amines is 1. The third-order valence-corrected chi connectivity index (χ3v) is 21.1. The molecule has 0 unspecified atom stereocenters. The van der Waals surface area contributed by atoms with Crippen molar-refractivity contribution in [2.75, 3.05) is 31.4 Å². The second-order valence-corrected chi connectivity index (χ2v) is 38.4. The number of hydrogen-bond acceptors (Lipinski definition) is 15. The van der Waals surface area contributed by atoms with E-state index >= 15 is 0 Å². The van der Waals surface area contributed by atoms with Crippen molar-refractivity contribution in [2.24, 2.45) is 21.1 Å². The van der Waals surface area contributed by atoms with E-state index in [4.69, 9.17) is 21.6 Å². The highest BCUT2D eigenvalue weighted by molar-refractivity contribution is 6.30. The van der Waals surface area contributed by atoms with Crippen molar-refractivity contribution in [3.8, 4) is 11.8 Å². The average Bonchev–Trinajstić information content (AvgIpc) is 1.69. The molecule has 0 aliphatic rings. The van der Waals surface area contributed by atoms with Crippen LogP contribution in [0.1, 0.15) is 448 Å². The van der Waals surface area contributed by atoms with Gasteiger partial charge in [-0.3, -0.25) is 33.9 Å². The fourth-order valence-electron chi connectivity index (χ4n) is 11.8. The third-order valence-electron chi connectivity index (χ3n) is 20.9. The van der Waals surface area contributed by atoms with Crippen molar-refractivity contribution in [1.29, 1.82) is 5.26 Å². The summed E-state index contributed by atoms with van der Waals surface area (Å²) in [5, 5.41) is 29.6. The standard InChI is InChI=1S/C11H16.C10H14N2O.C10H14O.C9H11Cl.C9H15N3.C9H10N2.C9H13N.2C8H14N2.C8H11N.C7H9F3N2.2C7H12N2.10CH4/c1-4-10-5-7-11(8-6-10)9(2)3;1-7(2)9-4-5-10(11-6-9)12-8(3)13;1-8(2)9-6-4-5-7-10(9)11-3;1-7(2)8-4-3-5-9(10)6-8;1-7(2)8-5-10-9(11-6-8)12(3)4;1-7(2)8-3-4-9(5-10)11-6-8;1-7(2)9-4-5-10-8(3)6-9;1-8(2,3)7-5-9-10(4)6-7;1-4-10-5-8(7(2)3)9-6-10;1-7(2)8-4-3-5-9-6-8;1-4(2)5-3-11-12-6(5)7(8,9)10;1-6(2)7-4-5-9(3)8-7;1-6(2)7-4-5-8-9(7)3;;;;;;;;;;/h5-9H,4H2,1-3H3;4-7H,1-3H3,(H,11,12,13);4-8H,1-3H3;3-7H,1-2H3;5-7H,1-4H3;3-4,6-7H,1-2H3;4-7H,1-3H3;5-6H,1-4H3;5-7H,4H2,1-3H3;3-7H,1-2H3;3-4H,1-2H3,(H,11,12);2*4-6H,1-3H3;10*1H4. The van der Waals surface area contributed by atoms with Crippen molar-refractivity contribution < 1.29 is 22.7 Å². The number of rotatable bonds is 17. The number of pyridine rings is 4. The summed E-state index contributed by atoms with van der Waals surface area (Å²) in [4.78, 5) is 41.4. The Morgan fingerprint density at radius 3 is 1.29 bits per heavy atom. The fraction of sp³-hybridized carbons (Fsp3) is 0.516. The molecule has 13 rings (SSSR count). The first kappa shape index (κ1) is 155. The molecule has 0 spiro atoms. The molecule has 0 saturated carbocycles. The molecule has 10 aromatic heterocycles. The number of anilines is 2. The molecule has 147 heavy (non-hydrogen) atoms. The molecule has 828 valence electrons. The van der Waals surface area contributed by atoms with Gasteiger partial charge in [0.1, 0.15) is 29.0 Å². The number of ether oxygens (including phenoxy) is 1. The lowest BCUT2D eigenvalue weighted by Gasteiger charge is -2.14. The molecule has 0 aliphatic heterocycles. The lowest BCUT2D eigenvalue weighted by molar-refractivity contribution is -0.142. The number of hydrogen-bond donors (Lipinski definition) is 2. The second kappa shape index (κ2) is 82.0. The quantitative estimate of drug-likeness (QED) is 0.0861. The summed E-state index contributed by atoms with van der Waals surface area (Å²) in [6, 6.07) is 46.8. The van der Waals surface area contributed by atoms with Gasteiger partial charge in [-0.05, 0) is 213 Å². The molecule has 3 aromatic carbocycles. The number of methoxy groups -OCH3 is 1. The average molecular weight is 2060 g/mol. The van der Waals surface area contributed by atoms with Gasteiger partial charge in [0.05, 0.1) is 37.2 Å². The largest absolute Gasteiger partial charge is 0.496 e. The summed E-state index contributed by atoms with van der Waals surface area (Å²) in [6.45, 7) is 66.1. The SMILES string of the molecule is C.C.C.C.C.C.C.C.C.C.CC(=O)Nc1ccc(C(C)C)cn1.CC(C)c1ccc(C#N)nc1.CC(C)c1cccc(Cl)c1.CC(C)c1cccnc1.CC(C)c1ccn(C)n1.CC(C)c1ccnn1C.CC(C)c1cn[nH]c1C(F)(F)F.CC(C)c1cnc(N(C)C)nc1.CCc1ccc(C(C)C)cc1.CCn1cnc(C(C)C)c1.COc1ccccc1C(C)C.Cc1cc(C(C)C)ccn1.Cn1cc(C(C)(C)C)cn1.